The van der Waals surface area contributed by atoms with Gasteiger partial charge in [0, 0.05) is 25.4 Å². The largest absolute Gasteiger partial charge is 0.396 e. The maximum absolute atomic E-state index is 9.22. The van der Waals surface area contributed by atoms with Crippen LogP contribution in [0.15, 0.2) is 47.8 Å². The second-order valence-electron chi connectivity index (χ2n) is 5.60. The number of hydrogen-bond acceptors (Lipinski definition) is 5. The Balaban J connectivity index is 1.60. The van der Waals surface area contributed by atoms with Crippen molar-refractivity contribution >= 4 is 17.6 Å². The maximum Gasteiger partial charge on any atom is 0.148 e. The zero-order valence-electron chi connectivity index (χ0n) is 12.6. The molecule has 4 nitrogen and oxygen atoms in total. The van der Waals surface area contributed by atoms with Crippen molar-refractivity contribution in [3.63, 3.8) is 0 Å². The average molecular weight is 315 g/mol. The number of aromatic nitrogens is 2. The summed E-state index contributed by atoms with van der Waals surface area (Å²) in [5.74, 6) is 2.31. The number of thioether (sulfide) groups is 1. The highest BCUT2D eigenvalue weighted by Crippen LogP contribution is 2.25. The summed E-state index contributed by atoms with van der Waals surface area (Å²) in [4.78, 5) is 11.3. The lowest BCUT2D eigenvalue weighted by Gasteiger charge is -2.31. The van der Waals surface area contributed by atoms with Gasteiger partial charge < -0.3 is 10.0 Å². The van der Waals surface area contributed by atoms with Crippen molar-refractivity contribution in [1.82, 2.24) is 9.97 Å². The molecule has 0 bridgehead atoms. The van der Waals surface area contributed by atoms with E-state index in [1.165, 1.54) is 5.56 Å². The van der Waals surface area contributed by atoms with Crippen LogP contribution in [0.4, 0.5) is 5.82 Å². The van der Waals surface area contributed by atoms with Crippen LogP contribution in [0.2, 0.25) is 0 Å². The first-order chi connectivity index (χ1) is 10.8. The highest BCUT2D eigenvalue weighted by atomic mass is 32.2. The lowest BCUT2D eigenvalue weighted by Crippen LogP contribution is -2.35. The van der Waals surface area contributed by atoms with Crippen LogP contribution < -0.4 is 4.90 Å². The van der Waals surface area contributed by atoms with Gasteiger partial charge in [0.2, 0.25) is 0 Å². The van der Waals surface area contributed by atoms with E-state index < -0.39 is 0 Å². The monoisotopic (exact) mass is 315 g/mol. The van der Waals surface area contributed by atoms with Crippen LogP contribution >= 0.6 is 11.8 Å². The van der Waals surface area contributed by atoms with Gasteiger partial charge in [-0.3, -0.25) is 4.98 Å². The van der Waals surface area contributed by atoms with Gasteiger partial charge in [0.05, 0.1) is 12.4 Å². The second kappa shape index (κ2) is 7.61. The fraction of sp³-hybridized carbons (Fsp3) is 0.412. The Kier molecular flexibility index (Phi) is 5.29. The Bertz CT molecular complexity index is 585. The normalized spacial score (nSPS) is 16.0. The summed E-state index contributed by atoms with van der Waals surface area (Å²) in [6.07, 6.45) is 5.72. The topological polar surface area (TPSA) is 49.2 Å². The Labute approximate surface area is 135 Å². The molecule has 2 aromatic rings. The van der Waals surface area contributed by atoms with Crippen LogP contribution in [0.1, 0.15) is 18.4 Å². The molecule has 0 amide bonds. The molecule has 1 aromatic heterocycles. The quantitative estimate of drug-likeness (QED) is 0.860. The van der Waals surface area contributed by atoms with E-state index in [0.717, 1.165) is 42.5 Å². The van der Waals surface area contributed by atoms with E-state index >= 15 is 0 Å². The van der Waals surface area contributed by atoms with Crippen molar-refractivity contribution in [2.24, 2.45) is 5.92 Å². The number of piperidine rings is 1. The van der Waals surface area contributed by atoms with Gasteiger partial charge in [-0.1, -0.05) is 30.3 Å². The summed E-state index contributed by atoms with van der Waals surface area (Å²) >= 11 is 1.72. The molecule has 0 saturated carbocycles. The first-order valence-corrected chi connectivity index (χ1v) is 8.68. The van der Waals surface area contributed by atoms with Crippen LogP contribution in [0.3, 0.4) is 0 Å². The third-order valence-electron chi connectivity index (χ3n) is 4.03. The predicted molar refractivity (Wildman–Crippen MR) is 90.1 cm³/mol. The minimum atomic E-state index is 0.298. The number of benzene rings is 1. The summed E-state index contributed by atoms with van der Waals surface area (Å²) in [5.41, 5.74) is 1.29. The van der Waals surface area contributed by atoms with Gasteiger partial charge in [-0.2, -0.15) is 0 Å². The first-order valence-electron chi connectivity index (χ1n) is 7.70. The molecular formula is C17H21N3OS. The fourth-order valence-electron chi connectivity index (χ4n) is 2.64. The summed E-state index contributed by atoms with van der Waals surface area (Å²) < 4.78 is 0. The molecule has 0 radical (unpaired) electrons. The molecule has 0 aliphatic carbocycles. The first kappa shape index (κ1) is 15.3. The highest BCUT2D eigenvalue weighted by molar-refractivity contribution is 7.98. The van der Waals surface area contributed by atoms with E-state index in [1.807, 2.05) is 18.5 Å². The highest BCUT2D eigenvalue weighted by Gasteiger charge is 2.19. The van der Waals surface area contributed by atoms with Crippen molar-refractivity contribution in [3.05, 3.63) is 48.3 Å². The van der Waals surface area contributed by atoms with E-state index in [1.54, 1.807) is 11.8 Å². The van der Waals surface area contributed by atoms with Gasteiger partial charge >= 0.3 is 0 Å². The average Bonchev–Trinajstić information content (AvgIpc) is 2.61. The third-order valence-corrected chi connectivity index (χ3v) is 5.00. The predicted octanol–water partition coefficient (Wildman–Crippen LogP) is 2.98. The molecule has 0 spiro atoms. The lowest BCUT2D eigenvalue weighted by molar-refractivity contribution is 0.202. The molecule has 1 aliphatic rings. The van der Waals surface area contributed by atoms with Crippen LogP contribution in [-0.2, 0) is 5.75 Å². The standard InChI is InChI=1S/C17H21N3OS/c21-12-14-6-8-20(9-7-14)16-10-18-11-17(19-16)22-13-15-4-2-1-3-5-15/h1-5,10-11,14,21H,6-9,12-13H2. The van der Waals surface area contributed by atoms with Gasteiger partial charge in [-0.15, -0.1) is 11.8 Å². The lowest BCUT2D eigenvalue weighted by atomic mass is 9.98. The molecule has 1 saturated heterocycles. The minimum absolute atomic E-state index is 0.298. The van der Waals surface area contributed by atoms with Crippen LogP contribution in [0.5, 0.6) is 0 Å². The zero-order chi connectivity index (χ0) is 15.2. The molecule has 0 unspecified atom stereocenters. The second-order valence-corrected chi connectivity index (χ2v) is 6.60. The van der Waals surface area contributed by atoms with Crippen molar-refractivity contribution in [1.29, 1.82) is 0 Å². The summed E-state index contributed by atoms with van der Waals surface area (Å²) in [6.45, 7) is 2.20. The minimum Gasteiger partial charge on any atom is -0.396 e. The van der Waals surface area contributed by atoms with Crippen LogP contribution in [-0.4, -0.2) is 34.8 Å². The van der Waals surface area contributed by atoms with Crippen LogP contribution in [0, 0.1) is 5.92 Å². The molecule has 1 fully saturated rings. The molecule has 1 aliphatic heterocycles. The molecule has 5 heteroatoms. The van der Waals surface area contributed by atoms with E-state index in [9.17, 15) is 5.11 Å². The Morgan fingerprint density at radius 3 is 2.64 bits per heavy atom. The Hall–Kier alpha value is -1.59. The van der Waals surface area contributed by atoms with Gasteiger partial charge in [-0.05, 0) is 24.3 Å². The molecule has 22 heavy (non-hydrogen) atoms. The smallest absolute Gasteiger partial charge is 0.148 e. The van der Waals surface area contributed by atoms with E-state index in [4.69, 9.17) is 4.98 Å². The fourth-order valence-corrected chi connectivity index (χ4v) is 3.44. The molecule has 3 rings (SSSR count). The molecular weight excluding hydrogens is 294 g/mol. The number of rotatable bonds is 5. The van der Waals surface area contributed by atoms with Crippen molar-refractivity contribution in [2.45, 2.75) is 23.6 Å². The SMILES string of the molecule is OCC1CCN(c2cncc(SCc3ccccc3)n2)CC1. The molecule has 1 N–H and O–H groups in total. The van der Waals surface area contributed by atoms with Gasteiger partial charge in [0.15, 0.2) is 0 Å². The van der Waals surface area contributed by atoms with Gasteiger partial charge in [0.25, 0.3) is 0 Å². The number of aliphatic hydroxyl groups is 1. The number of anilines is 1. The van der Waals surface area contributed by atoms with Crippen molar-refractivity contribution in [3.8, 4) is 0 Å². The summed E-state index contributed by atoms with van der Waals surface area (Å²) in [7, 11) is 0. The Morgan fingerprint density at radius 1 is 1.14 bits per heavy atom. The van der Waals surface area contributed by atoms with Gasteiger partial charge in [0.1, 0.15) is 10.8 Å². The van der Waals surface area contributed by atoms with E-state index in [2.05, 4.69) is 34.1 Å². The van der Waals surface area contributed by atoms with E-state index in [-0.39, 0.29) is 0 Å². The Morgan fingerprint density at radius 2 is 1.91 bits per heavy atom. The van der Waals surface area contributed by atoms with Crippen molar-refractivity contribution < 1.29 is 5.11 Å². The van der Waals surface area contributed by atoms with Crippen LogP contribution in [0.25, 0.3) is 0 Å². The molecule has 1 aromatic carbocycles. The van der Waals surface area contributed by atoms with Gasteiger partial charge in [-0.25, -0.2) is 4.98 Å². The number of nitrogens with zero attached hydrogens (tertiary/aromatic N) is 3. The van der Waals surface area contributed by atoms with Crippen molar-refractivity contribution in [2.75, 3.05) is 24.6 Å². The van der Waals surface area contributed by atoms with E-state index in [0.29, 0.717) is 12.5 Å². The number of hydrogen-bond donors (Lipinski definition) is 1. The third kappa shape index (κ3) is 3.99. The maximum atomic E-state index is 9.22. The number of aliphatic hydroxyl groups excluding tert-OH is 1. The molecule has 0 atom stereocenters. The molecule has 116 valence electrons. The molecule has 2 heterocycles. The zero-order valence-corrected chi connectivity index (χ0v) is 13.4. The summed E-state index contributed by atoms with van der Waals surface area (Å²) in [5, 5.41) is 10.2. The summed E-state index contributed by atoms with van der Waals surface area (Å²) in [6, 6.07) is 10.4.